The maximum atomic E-state index is 15.7. The number of hydrogen-bond acceptors (Lipinski definition) is 14. The largest absolute Gasteiger partial charge is 0.391 e. The van der Waals surface area contributed by atoms with Gasteiger partial charge in [-0.1, -0.05) is 116 Å². The number of aliphatic hydroxyl groups is 1. The number of rotatable bonds is 16. The highest BCUT2D eigenvalue weighted by Crippen LogP contribution is 2.28. The lowest BCUT2D eigenvalue weighted by atomic mass is 9.96. The third-order valence-electron chi connectivity index (χ3n) is 20.0. The molecule has 0 aromatic heterocycles. The molecule has 11 atom stereocenters. The normalized spacial score (nSPS) is 26.3. The number of carbonyl (C=O) groups is 12. The van der Waals surface area contributed by atoms with Gasteiger partial charge in [-0.2, -0.15) is 0 Å². The Labute approximate surface area is 608 Å². The molecule has 3 aliphatic heterocycles. The Morgan fingerprint density at radius 1 is 0.515 bits per heavy atom. The minimum Gasteiger partial charge on any atom is -0.391 e. The van der Waals surface area contributed by atoms with Crippen LogP contribution in [-0.2, 0) is 70.4 Å². The maximum Gasteiger partial charge on any atom is 0.260 e. The number of alkyl halides is 2. The van der Waals surface area contributed by atoms with E-state index in [-0.39, 0.29) is 82.2 Å². The van der Waals surface area contributed by atoms with Crippen molar-refractivity contribution in [3.63, 3.8) is 0 Å². The Hall–Kier alpha value is -8.14. The summed E-state index contributed by atoms with van der Waals surface area (Å²) in [5.74, 6) is -13.6. The molecule has 0 bridgehead atoms. The monoisotopic (exact) mass is 1450 g/mol. The summed E-state index contributed by atoms with van der Waals surface area (Å²) in [6, 6.07) is 3.48. The van der Waals surface area contributed by atoms with Gasteiger partial charge in [0.2, 0.25) is 70.9 Å². The molecule has 0 spiro atoms. The van der Waals surface area contributed by atoms with Crippen molar-refractivity contribution in [2.75, 3.05) is 88.6 Å². The lowest BCUT2D eigenvalue weighted by Crippen LogP contribution is -2.62. The van der Waals surface area contributed by atoms with Crippen molar-refractivity contribution >= 4 is 70.9 Å². The lowest BCUT2D eigenvalue weighted by molar-refractivity contribution is -0.151. The van der Waals surface area contributed by atoms with Crippen LogP contribution in [0.2, 0.25) is 0 Å². The summed E-state index contributed by atoms with van der Waals surface area (Å²) in [7, 11) is 9.47. The van der Waals surface area contributed by atoms with E-state index in [1.165, 1.54) is 82.8 Å². The van der Waals surface area contributed by atoms with E-state index in [1.54, 1.807) is 79.4 Å². The van der Waals surface area contributed by atoms with Crippen molar-refractivity contribution in [3.05, 3.63) is 71.8 Å². The summed E-state index contributed by atoms with van der Waals surface area (Å²) >= 11 is 0. The molecule has 0 radical (unpaired) electrons. The summed E-state index contributed by atoms with van der Waals surface area (Å²) < 4.78 is 30.0. The molecule has 3 aliphatic rings. The van der Waals surface area contributed by atoms with Crippen molar-refractivity contribution in [1.82, 2.24) is 65.4 Å². The second-order valence-electron chi connectivity index (χ2n) is 30.2. The third kappa shape index (κ3) is 24.2. The fourth-order valence-corrected chi connectivity index (χ4v) is 13.8. The Balaban J connectivity index is 1.70. The van der Waals surface area contributed by atoms with Crippen molar-refractivity contribution in [1.29, 1.82) is 0 Å². The fraction of sp³-hybridized carbons (Fsp3) is 0.680. The molecule has 28 heteroatoms. The van der Waals surface area contributed by atoms with Crippen LogP contribution in [0.5, 0.6) is 0 Å². The molecule has 5 rings (SSSR count). The van der Waals surface area contributed by atoms with Gasteiger partial charge in [0.25, 0.3) is 5.92 Å². The first-order valence-corrected chi connectivity index (χ1v) is 36.5. The van der Waals surface area contributed by atoms with E-state index in [2.05, 4.69) is 21.3 Å². The molecule has 2 aromatic carbocycles. The van der Waals surface area contributed by atoms with Crippen molar-refractivity contribution in [2.45, 2.75) is 219 Å². The first kappa shape index (κ1) is 85.5. The van der Waals surface area contributed by atoms with E-state index in [9.17, 15) is 33.9 Å². The average Bonchev–Trinajstić information content (AvgIpc) is 0.817. The first-order valence-electron chi connectivity index (χ1n) is 36.5. The van der Waals surface area contributed by atoms with E-state index in [0.717, 1.165) is 26.0 Å². The van der Waals surface area contributed by atoms with E-state index < -0.39 is 169 Å². The predicted octanol–water partition coefficient (Wildman–Crippen LogP) is 3.56. The summed E-state index contributed by atoms with van der Waals surface area (Å²) in [6.07, 6.45) is -0.651. The van der Waals surface area contributed by atoms with Gasteiger partial charge in [0.15, 0.2) is 0 Å². The molecule has 12 amide bonds. The molecule has 0 aliphatic carbocycles. The molecule has 103 heavy (non-hydrogen) atoms. The van der Waals surface area contributed by atoms with Crippen LogP contribution in [-0.4, -0.2) is 281 Å². The Bertz CT molecular complexity index is 3230. The van der Waals surface area contributed by atoms with Crippen LogP contribution in [0.3, 0.4) is 0 Å². The predicted molar refractivity (Wildman–Crippen MR) is 386 cm³/mol. The number of nitrogens with zero attached hydrogens (tertiary/aromatic N) is 9. The lowest BCUT2D eigenvalue weighted by Gasteiger charge is -2.39. The van der Waals surface area contributed by atoms with Gasteiger partial charge >= 0.3 is 0 Å². The SMILES string of the molecule is CC(C)C[C@@H]1NC(=O)[C@H](C)N(C)C(=O)C[C@@H](C(=O)N2CCCCC2)NC(=O)[C@H](C(C)C)N(C)C(=O)CN(C)C(=O)[C@H]([C@@H](C)O)NC(=O)[C@H](CCN2CCCC(F)(F)C2)N(C)C(=O)[C@H](Cc2ccccc2)N(C)C(=O)[C@H](CC(C)C)NC(=O)[C@H](Cc2ccccc2)N(C)C(=O)[C@H](CC(C)C)N(C)C1=O. The highest BCUT2D eigenvalue weighted by atomic mass is 19.3. The van der Waals surface area contributed by atoms with Crippen molar-refractivity contribution in [2.24, 2.45) is 23.7 Å². The third-order valence-corrected chi connectivity index (χ3v) is 20.0. The number of likely N-dealkylation sites (N-methyl/N-ethyl adjacent to an activating group) is 7. The van der Waals surface area contributed by atoms with Gasteiger partial charge in [-0.15, -0.1) is 0 Å². The molecule has 574 valence electrons. The quantitative estimate of drug-likeness (QED) is 0.161. The van der Waals surface area contributed by atoms with Crippen molar-refractivity contribution < 1.29 is 71.4 Å². The second kappa shape index (κ2) is 39.1. The average molecular weight is 1450 g/mol. The zero-order chi connectivity index (χ0) is 77.1. The highest BCUT2D eigenvalue weighted by molar-refractivity contribution is 6.00. The van der Waals surface area contributed by atoms with Gasteiger partial charge in [-0.05, 0) is 107 Å². The molecule has 2 aromatic rings. The summed E-state index contributed by atoms with van der Waals surface area (Å²) in [4.78, 5) is 191. The van der Waals surface area contributed by atoms with E-state index in [4.69, 9.17) is 0 Å². The number of carbonyl (C=O) groups excluding carboxylic acids is 12. The maximum absolute atomic E-state index is 15.7. The molecule has 3 fully saturated rings. The fourth-order valence-electron chi connectivity index (χ4n) is 13.8. The van der Waals surface area contributed by atoms with E-state index >= 15 is 37.5 Å². The zero-order valence-corrected chi connectivity index (χ0v) is 63.8. The van der Waals surface area contributed by atoms with Gasteiger partial charge < -0.3 is 65.6 Å². The molecule has 0 unspecified atom stereocenters. The zero-order valence-electron chi connectivity index (χ0n) is 63.8. The highest BCUT2D eigenvalue weighted by Gasteiger charge is 2.45. The van der Waals surface area contributed by atoms with Gasteiger partial charge in [0, 0.05) is 88.2 Å². The van der Waals surface area contributed by atoms with Crippen molar-refractivity contribution in [3.8, 4) is 0 Å². The molecule has 5 N–H and O–H groups in total. The van der Waals surface area contributed by atoms with Gasteiger partial charge in [-0.3, -0.25) is 62.4 Å². The van der Waals surface area contributed by atoms with Crippen LogP contribution in [0, 0.1) is 23.7 Å². The Morgan fingerprint density at radius 3 is 1.50 bits per heavy atom. The van der Waals surface area contributed by atoms with Gasteiger partial charge in [0.1, 0.15) is 60.4 Å². The molecule has 26 nitrogen and oxygen atoms in total. The minimum absolute atomic E-state index is 0.0224. The first-order chi connectivity index (χ1) is 48.3. The summed E-state index contributed by atoms with van der Waals surface area (Å²) in [5, 5.41) is 22.5. The van der Waals surface area contributed by atoms with Crippen LogP contribution < -0.4 is 21.3 Å². The number of piperidine rings is 2. The number of nitrogens with one attached hydrogen (secondary N) is 4. The van der Waals surface area contributed by atoms with Gasteiger partial charge in [-0.25, -0.2) is 8.78 Å². The van der Waals surface area contributed by atoms with Gasteiger partial charge in [0.05, 0.1) is 25.6 Å². The molecular weight excluding hydrogens is 1330 g/mol. The minimum atomic E-state index is -3.06. The van der Waals surface area contributed by atoms with E-state index in [1.807, 2.05) is 41.5 Å². The molecule has 0 saturated carbocycles. The Morgan fingerprint density at radius 2 is 0.990 bits per heavy atom. The van der Waals surface area contributed by atoms with Crippen LogP contribution >= 0.6 is 0 Å². The standard InChI is InChI=1S/C75H117F2N13O13/c1-46(2)38-54-69(98)86(15)59(40-48(5)6)72(101)85(14)58(41-52-28-21-18-22-29-52)67(96)79-55(39-47(3)4)70(99)87(16)60(42-53-30-23-19-24-31-53)73(102)84(13)57(32-37-89-34-27-33-75(76,77)45-89)66(95)81-63(51(10)91)74(103)82(11)44-62(93)88(17)64(49(7)8)68(97)80-56(71(100)90-35-25-20-26-36-90)43-61(92)83(12)50(9)65(94)78-54/h18-19,21-24,28-31,46-51,54-60,63-64,91H,20,25-27,32-45H2,1-17H3,(H,78,94)(H,79,96)(H,80,97)(H,81,95)/t50-,51+,54-,55-,56-,57-,58-,59-,60-,63-,64-/m0/s1. The topological polar surface area (TPSA) is 302 Å². The number of benzene rings is 2. The molecular formula is C75H117F2N13O13. The number of aliphatic hydroxyl groups excluding tert-OH is 1. The smallest absolute Gasteiger partial charge is 0.260 e. The van der Waals surface area contributed by atoms with E-state index in [0.29, 0.717) is 37.1 Å². The van der Waals surface area contributed by atoms with Crippen LogP contribution in [0.15, 0.2) is 60.7 Å². The number of likely N-dealkylation sites (tertiary alicyclic amines) is 2. The summed E-state index contributed by atoms with van der Waals surface area (Å²) in [6.45, 7) is 16.4. The second-order valence-corrected chi connectivity index (χ2v) is 30.2. The number of hydrogen-bond donors (Lipinski definition) is 5. The molecule has 3 saturated heterocycles. The number of amides is 12. The van der Waals surface area contributed by atoms with Crippen LogP contribution in [0.1, 0.15) is 145 Å². The summed E-state index contributed by atoms with van der Waals surface area (Å²) in [5.41, 5.74) is 1.22. The van der Waals surface area contributed by atoms with Crippen LogP contribution in [0.4, 0.5) is 8.78 Å². The molecule has 3 heterocycles. The Kier molecular flexibility index (Phi) is 32.5. The number of halogens is 2. The van der Waals surface area contributed by atoms with Crippen LogP contribution in [0.25, 0.3) is 0 Å².